The first kappa shape index (κ1) is 14.8. The van der Waals surface area contributed by atoms with E-state index in [1.165, 1.54) is 6.07 Å². The van der Waals surface area contributed by atoms with Crippen molar-refractivity contribution in [2.24, 2.45) is 0 Å². The highest BCUT2D eigenvalue weighted by molar-refractivity contribution is 6.30. The van der Waals surface area contributed by atoms with E-state index < -0.39 is 5.82 Å². The van der Waals surface area contributed by atoms with Crippen molar-refractivity contribution in [3.8, 4) is 5.75 Å². The molecule has 0 radical (unpaired) electrons. The van der Waals surface area contributed by atoms with Crippen molar-refractivity contribution < 1.29 is 9.50 Å². The van der Waals surface area contributed by atoms with Crippen molar-refractivity contribution in [1.82, 2.24) is 5.32 Å². The molecule has 0 spiro atoms. The van der Waals surface area contributed by atoms with Crippen LogP contribution in [-0.2, 0) is 0 Å². The second-order valence-corrected chi connectivity index (χ2v) is 5.30. The Bertz CT molecular complexity index is 586. The van der Waals surface area contributed by atoms with Gasteiger partial charge in [0.05, 0.1) is 0 Å². The van der Waals surface area contributed by atoms with E-state index in [0.29, 0.717) is 10.6 Å². The molecule has 0 fully saturated rings. The molecule has 0 aliphatic rings. The molecule has 2 aromatic carbocycles. The lowest BCUT2D eigenvalue weighted by Crippen LogP contribution is -2.22. The van der Waals surface area contributed by atoms with Crippen LogP contribution in [0.1, 0.15) is 37.1 Å². The average molecular weight is 294 g/mol. The molecule has 0 saturated heterocycles. The molecule has 20 heavy (non-hydrogen) atoms. The van der Waals surface area contributed by atoms with E-state index in [1.54, 1.807) is 6.07 Å². The maximum atomic E-state index is 13.0. The smallest absolute Gasteiger partial charge is 0.126 e. The van der Waals surface area contributed by atoms with Gasteiger partial charge in [-0.1, -0.05) is 29.8 Å². The number of hydrogen-bond acceptors (Lipinski definition) is 2. The predicted octanol–water partition coefficient (Wildman–Crippen LogP) is 4.60. The minimum absolute atomic E-state index is 0.0340. The average Bonchev–Trinajstić information content (AvgIpc) is 2.39. The number of halogens is 2. The Morgan fingerprint density at radius 1 is 1.05 bits per heavy atom. The zero-order valence-corrected chi connectivity index (χ0v) is 12.2. The van der Waals surface area contributed by atoms with Gasteiger partial charge in [-0.05, 0) is 37.6 Å². The van der Waals surface area contributed by atoms with Crippen LogP contribution in [-0.4, -0.2) is 5.11 Å². The first-order chi connectivity index (χ1) is 9.47. The first-order valence-corrected chi connectivity index (χ1v) is 6.85. The van der Waals surface area contributed by atoms with E-state index in [2.05, 4.69) is 5.32 Å². The van der Waals surface area contributed by atoms with E-state index in [9.17, 15) is 9.50 Å². The highest BCUT2D eigenvalue weighted by Crippen LogP contribution is 2.27. The van der Waals surface area contributed by atoms with Crippen LogP contribution in [0, 0.1) is 5.82 Å². The van der Waals surface area contributed by atoms with Gasteiger partial charge in [0.1, 0.15) is 11.6 Å². The van der Waals surface area contributed by atoms with E-state index in [1.807, 2.05) is 38.1 Å². The van der Waals surface area contributed by atoms with Gasteiger partial charge in [0.15, 0.2) is 0 Å². The van der Waals surface area contributed by atoms with Gasteiger partial charge in [-0.15, -0.1) is 0 Å². The Hall–Kier alpha value is -1.58. The molecule has 0 bridgehead atoms. The molecule has 1 unspecified atom stereocenters. The second kappa shape index (κ2) is 6.25. The summed E-state index contributed by atoms with van der Waals surface area (Å²) in [6, 6.07) is 11.7. The zero-order valence-electron chi connectivity index (χ0n) is 11.4. The summed E-state index contributed by atoms with van der Waals surface area (Å²) in [7, 11) is 0. The van der Waals surface area contributed by atoms with Crippen molar-refractivity contribution >= 4 is 11.6 Å². The largest absolute Gasteiger partial charge is 0.508 e. The summed E-state index contributed by atoms with van der Waals surface area (Å²) in [4.78, 5) is 0. The number of benzene rings is 2. The summed E-state index contributed by atoms with van der Waals surface area (Å²) < 4.78 is 13.0. The van der Waals surface area contributed by atoms with Crippen LogP contribution >= 0.6 is 11.6 Å². The van der Waals surface area contributed by atoms with Crippen LogP contribution in [0.2, 0.25) is 5.02 Å². The van der Waals surface area contributed by atoms with Crippen molar-refractivity contribution in [1.29, 1.82) is 0 Å². The lowest BCUT2D eigenvalue weighted by Gasteiger charge is -2.21. The van der Waals surface area contributed by atoms with Crippen LogP contribution in [0.3, 0.4) is 0 Å². The summed E-state index contributed by atoms with van der Waals surface area (Å²) in [5.74, 6) is -0.475. The Labute approximate surface area is 123 Å². The van der Waals surface area contributed by atoms with Gasteiger partial charge in [0.25, 0.3) is 0 Å². The van der Waals surface area contributed by atoms with Crippen LogP contribution in [0.25, 0.3) is 0 Å². The topological polar surface area (TPSA) is 32.3 Å². The number of rotatable bonds is 4. The Kier molecular flexibility index (Phi) is 4.63. The molecule has 4 heteroatoms. The van der Waals surface area contributed by atoms with E-state index >= 15 is 0 Å². The van der Waals surface area contributed by atoms with Gasteiger partial charge in [-0.2, -0.15) is 0 Å². The molecule has 0 heterocycles. The second-order valence-electron chi connectivity index (χ2n) is 4.86. The fourth-order valence-electron chi connectivity index (χ4n) is 2.20. The number of hydrogen-bond donors (Lipinski definition) is 2. The van der Waals surface area contributed by atoms with Crippen molar-refractivity contribution in [2.75, 3.05) is 0 Å². The molecule has 0 saturated carbocycles. The lowest BCUT2D eigenvalue weighted by atomic mass is 10.0. The van der Waals surface area contributed by atoms with Crippen LogP contribution < -0.4 is 5.32 Å². The number of phenols is 1. The third kappa shape index (κ3) is 3.50. The zero-order chi connectivity index (χ0) is 14.7. The quantitative estimate of drug-likeness (QED) is 0.863. The van der Waals surface area contributed by atoms with Crippen LogP contribution in [0.4, 0.5) is 4.39 Å². The summed E-state index contributed by atoms with van der Waals surface area (Å²) in [5.41, 5.74) is 1.77. The molecule has 2 aromatic rings. The monoisotopic (exact) mass is 293 g/mol. The van der Waals surface area contributed by atoms with E-state index in [-0.39, 0.29) is 17.8 Å². The summed E-state index contributed by atoms with van der Waals surface area (Å²) in [6.45, 7) is 3.96. The maximum absolute atomic E-state index is 13.0. The fraction of sp³-hybridized carbons (Fsp3) is 0.250. The molecule has 106 valence electrons. The molecule has 2 nitrogen and oxygen atoms in total. The van der Waals surface area contributed by atoms with Gasteiger partial charge in [-0.3, -0.25) is 0 Å². The van der Waals surface area contributed by atoms with Crippen molar-refractivity contribution in [2.45, 2.75) is 25.9 Å². The van der Waals surface area contributed by atoms with Crippen LogP contribution in [0.15, 0.2) is 42.5 Å². The minimum Gasteiger partial charge on any atom is -0.508 e. The summed E-state index contributed by atoms with van der Waals surface area (Å²) in [6.07, 6.45) is 0. The van der Waals surface area contributed by atoms with Gasteiger partial charge in [-0.25, -0.2) is 4.39 Å². The predicted molar refractivity (Wildman–Crippen MR) is 79.5 cm³/mol. The van der Waals surface area contributed by atoms with Crippen molar-refractivity contribution in [3.63, 3.8) is 0 Å². The fourth-order valence-corrected chi connectivity index (χ4v) is 2.32. The normalized spacial score (nSPS) is 14.0. The Morgan fingerprint density at radius 2 is 1.70 bits per heavy atom. The molecular weight excluding hydrogens is 277 g/mol. The van der Waals surface area contributed by atoms with Crippen LogP contribution in [0.5, 0.6) is 5.75 Å². The Balaban J connectivity index is 2.10. The van der Waals surface area contributed by atoms with Gasteiger partial charge < -0.3 is 10.4 Å². The van der Waals surface area contributed by atoms with Gasteiger partial charge in [0, 0.05) is 28.7 Å². The lowest BCUT2D eigenvalue weighted by molar-refractivity contribution is 0.434. The molecule has 2 atom stereocenters. The van der Waals surface area contributed by atoms with Crippen molar-refractivity contribution in [3.05, 3.63) is 64.4 Å². The number of aromatic hydroxyl groups is 1. The molecule has 2 rings (SSSR count). The van der Waals surface area contributed by atoms with E-state index in [0.717, 1.165) is 11.6 Å². The molecule has 0 aliphatic heterocycles. The first-order valence-electron chi connectivity index (χ1n) is 6.47. The Morgan fingerprint density at radius 3 is 2.30 bits per heavy atom. The third-order valence-corrected chi connectivity index (χ3v) is 3.58. The summed E-state index contributed by atoms with van der Waals surface area (Å²) in [5, 5.41) is 13.9. The van der Waals surface area contributed by atoms with E-state index in [4.69, 9.17) is 11.6 Å². The third-order valence-electron chi connectivity index (χ3n) is 3.33. The van der Waals surface area contributed by atoms with Gasteiger partial charge in [0.2, 0.25) is 0 Å². The molecule has 0 amide bonds. The standard InChI is InChI=1S/C16H17ClFNO/c1-10(12-3-5-13(17)6-4-12)19-11(2)15-8-7-14(18)9-16(15)20/h3-11,19-20H,1-2H3/t10-,11?/m0/s1. The molecule has 2 N–H and O–H groups in total. The highest BCUT2D eigenvalue weighted by atomic mass is 35.5. The molecular formula is C16H17ClFNO. The van der Waals surface area contributed by atoms with Gasteiger partial charge >= 0.3 is 0 Å². The maximum Gasteiger partial charge on any atom is 0.126 e. The number of phenolic OH excluding ortho intramolecular Hbond substituents is 1. The molecule has 0 aliphatic carbocycles. The highest BCUT2D eigenvalue weighted by Gasteiger charge is 2.14. The minimum atomic E-state index is -0.441. The molecule has 0 aromatic heterocycles. The SMILES string of the molecule is CC(N[C@@H](C)c1ccc(Cl)cc1)c1ccc(F)cc1O. The number of nitrogens with one attached hydrogen (secondary N) is 1. The summed E-state index contributed by atoms with van der Waals surface area (Å²) >= 11 is 5.86.